The first-order chi connectivity index (χ1) is 16.8. The predicted molar refractivity (Wildman–Crippen MR) is 156 cm³/mol. The molecule has 3 saturated carbocycles. The van der Waals surface area contributed by atoms with Crippen LogP contribution in [0.2, 0.25) is 37.8 Å². The summed E-state index contributed by atoms with van der Waals surface area (Å²) in [5.74, 6) is 2.92. The topological polar surface area (TPSA) is 36.9 Å². The minimum atomic E-state index is -1.83. The summed E-state index contributed by atoms with van der Waals surface area (Å²) in [6.45, 7) is 28.3. The molecule has 5 aliphatic rings. The summed E-state index contributed by atoms with van der Waals surface area (Å²) in [5, 5.41) is 0.242. The molecule has 1 heterocycles. The molecule has 1 aliphatic heterocycles. The molecule has 0 amide bonds. The van der Waals surface area contributed by atoms with Crippen molar-refractivity contribution in [1.82, 2.24) is 0 Å². The maximum Gasteiger partial charge on any atom is 0.241 e. The van der Waals surface area contributed by atoms with Crippen LogP contribution in [-0.4, -0.2) is 40.7 Å². The molecule has 0 spiro atoms. The van der Waals surface area contributed by atoms with Crippen molar-refractivity contribution < 1.29 is 18.3 Å². The molecule has 4 aliphatic carbocycles. The van der Waals surface area contributed by atoms with Gasteiger partial charge in [-0.25, -0.2) is 0 Å². The first-order valence-corrected chi connectivity index (χ1v) is 21.5. The largest absolute Gasteiger partial charge is 0.548 e. The average Bonchev–Trinajstić information content (AvgIpc) is 3.22. The zero-order valence-electron chi connectivity index (χ0n) is 26.0. The van der Waals surface area contributed by atoms with Gasteiger partial charge in [-0.05, 0) is 118 Å². The molecule has 0 aromatic heterocycles. The van der Waals surface area contributed by atoms with Crippen molar-refractivity contribution in [1.29, 1.82) is 0 Å². The smallest absolute Gasteiger partial charge is 0.241 e. The minimum Gasteiger partial charge on any atom is -0.548 e. The second-order valence-corrected chi connectivity index (χ2v) is 25.9. The second kappa shape index (κ2) is 8.68. The van der Waals surface area contributed by atoms with E-state index in [2.05, 4.69) is 87.3 Å². The Bertz CT molecular complexity index is 930. The Hall–Kier alpha value is -0.146. The maximum atomic E-state index is 7.20. The highest BCUT2D eigenvalue weighted by Gasteiger charge is 2.68. The molecule has 0 bridgehead atoms. The van der Waals surface area contributed by atoms with Crippen LogP contribution in [-0.2, 0) is 18.3 Å². The molecule has 0 radical (unpaired) electrons. The lowest BCUT2D eigenvalue weighted by Gasteiger charge is -2.62. The van der Waals surface area contributed by atoms with E-state index in [1.165, 1.54) is 37.9 Å². The highest BCUT2D eigenvalue weighted by molar-refractivity contribution is 6.74. The lowest BCUT2D eigenvalue weighted by atomic mass is 9.44. The fourth-order valence-electron chi connectivity index (χ4n) is 8.91. The van der Waals surface area contributed by atoms with Gasteiger partial charge in [0.15, 0.2) is 14.1 Å². The molecule has 0 N–H and O–H groups in total. The first kappa shape index (κ1) is 28.4. The van der Waals surface area contributed by atoms with Crippen LogP contribution in [0.4, 0.5) is 0 Å². The van der Waals surface area contributed by atoms with Crippen molar-refractivity contribution in [3.05, 3.63) is 11.8 Å². The van der Waals surface area contributed by atoms with Gasteiger partial charge in [0.25, 0.3) is 0 Å². The third-order valence-corrected chi connectivity index (χ3v) is 17.1. The summed E-state index contributed by atoms with van der Waals surface area (Å²) < 4.78 is 27.5. The van der Waals surface area contributed by atoms with Crippen LogP contribution >= 0.6 is 0 Å². The van der Waals surface area contributed by atoms with E-state index in [9.17, 15) is 0 Å². The van der Waals surface area contributed by atoms with Crippen molar-refractivity contribution in [2.75, 3.05) is 0 Å². The molecular weight excluding hydrogens is 493 g/mol. The predicted octanol–water partition coefficient (Wildman–Crippen LogP) is 8.50. The Kier molecular flexibility index (Phi) is 6.66. The van der Waals surface area contributed by atoms with Crippen molar-refractivity contribution in [2.24, 2.45) is 34.5 Å². The molecular formula is C31H56O4Si2. The van der Waals surface area contributed by atoms with Crippen LogP contribution in [0.15, 0.2) is 11.8 Å². The lowest BCUT2D eigenvalue weighted by Crippen LogP contribution is -2.62. The van der Waals surface area contributed by atoms with Gasteiger partial charge in [-0.2, -0.15) is 0 Å². The van der Waals surface area contributed by atoms with E-state index in [-0.39, 0.29) is 28.1 Å². The van der Waals surface area contributed by atoms with E-state index in [4.69, 9.17) is 18.3 Å². The van der Waals surface area contributed by atoms with E-state index < -0.39 is 22.4 Å². The fraction of sp³-hybridized carbons (Fsp3) is 0.935. The van der Waals surface area contributed by atoms with Gasteiger partial charge in [-0.1, -0.05) is 34.6 Å². The Morgan fingerprint density at radius 1 is 0.838 bits per heavy atom. The molecule has 6 heteroatoms. The molecule has 4 nitrogen and oxygen atoms in total. The van der Waals surface area contributed by atoms with Gasteiger partial charge >= 0.3 is 0 Å². The Morgan fingerprint density at radius 2 is 1.46 bits per heavy atom. The highest BCUT2D eigenvalue weighted by Crippen LogP contribution is 2.68. The van der Waals surface area contributed by atoms with E-state index in [0.717, 1.165) is 6.42 Å². The summed E-state index contributed by atoms with van der Waals surface area (Å²) in [6, 6.07) is 0. The second-order valence-electron chi connectivity index (χ2n) is 16.7. The van der Waals surface area contributed by atoms with Crippen LogP contribution in [0.3, 0.4) is 0 Å². The molecule has 5 rings (SSSR count). The third-order valence-electron chi connectivity index (χ3n) is 11.7. The van der Waals surface area contributed by atoms with Gasteiger partial charge in [0.1, 0.15) is 0 Å². The van der Waals surface area contributed by atoms with E-state index >= 15 is 0 Å². The van der Waals surface area contributed by atoms with Gasteiger partial charge in [0.05, 0.1) is 24.1 Å². The first-order valence-electron chi connectivity index (χ1n) is 15.2. The summed E-state index contributed by atoms with van der Waals surface area (Å²) in [6.07, 6.45) is 10.5. The lowest BCUT2D eigenvalue weighted by molar-refractivity contribution is -0.171. The quantitative estimate of drug-likeness (QED) is 0.330. The normalized spacial score (nSPS) is 45.4. The Labute approximate surface area is 229 Å². The van der Waals surface area contributed by atoms with Crippen LogP contribution in [0.25, 0.3) is 0 Å². The molecule has 37 heavy (non-hydrogen) atoms. The molecule has 1 saturated heterocycles. The van der Waals surface area contributed by atoms with Gasteiger partial charge in [-0.3, -0.25) is 0 Å². The summed E-state index contributed by atoms with van der Waals surface area (Å²) in [7, 11) is -3.47. The fourth-order valence-corrected chi connectivity index (χ4v) is 11.3. The van der Waals surface area contributed by atoms with Crippen LogP contribution in [0, 0.1) is 34.5 Å². The molecule has 5 unspecified atom stereocenters. The monoisotopic (exact) mass is 548 g/mol. The highest BCUT2D eigenvalue weighted by atomic mass is 28.4. The summed E-state index contributed by atoms with van der Waals surface area (Å²) >= 11 is 0. The number of rotatable bonds is 4. The number of hydrogen-bond donors (Lipinski definition) is 0. The van der Waals surface area contributed by atoms with Crippen LogP contribution in [0.1, 0.15) is 87.0 Å². The van der Waals surface area contributed by atoms with E-state index in [1.807, 2.05) is 0 Å². The Morgan fingerprint density at radius 3 is 2.08 bits per heavy atom. The molecule has 0 aromatic carbocycles. The summed E-state index contributed by atoms with van der Waals surface area (Å²) in [4.78, 5) is 0. The standard InChI is InChI=1S/C31H56O4Si2/c1-28(2,3)37(11,12)35-24-14-13-21-25-22(16-18-31(21,24)7)30(6)17-15-20(34-36(8,9)10)19-23(30)26-27(25)33-29(4,5)32-26/h19,21-27H,13-18H2,1-12H3/t21?,22?,23?,24?,25?,26-,27-,30-,31+/m1/s1. The number of ether oxygens (including phenoxy) is 2. The minimum absolute atomic E-state index is 0.115. The number of hydrogen-bond acceptors (Lipinski definition) is 4. The SMILES string of the molecule is CC1(C)O[C@@H]2C3C4CCC(O[Si](C)(C)C(C)(C)C)[C@@]4(C)CCC3[C@@]3(C)CCC(O[Si](C)(C)C)=CC3[C@H]2O1. The van der Waals surface area contributed by atoms with Gasteiger partial charge in [0, 0.05) is 12.3 Å². The van der Waals surface area contributed by atoms with Crippen molar-refractivity contribution in [3.63, 3.8) is 0 Å². The third kappa shape index (κ3) is 4.66. The average molecular weight is 549 g/mol. The molecule has 212 valence electrons. The van der Waals surface area contributed by atoms with Crippen molar-refractivity contribution in [3.8, 4) is 0 Å². The van der Waals surface area contributed by atoms with Crippen molar-refractivity contribution in [2.45, 2.75) is 149 Å². The number of allylic oxidation sites excluding steroid dienone is 1. The number of fused-ring (bicyclic) bond motifs is 8. The zero-order chi connectivity index (χ0) is 27.4. The molecule has 9 atom stereocenters. The van der Waals surface area contributed by atoms with Gasteiger partial charge in [0.2, 0.25) is 8.32 Å². The Balaban J connectivity index is 1.49. The molecule has 0 aromatic rings. The molecule has 4 fully saturated rings. The maximum absolute atomic E-state index is 7.20. The zero-order valence-corrected chi connectivity index (χ0v) is 28.0. The van der Waals surface area contributed by atoms with Crippen LogP contribution < -0.4 is 0 Å². The van der Waals surface area contributed by atoms with Gasteiger partial charge < -0.3 is 18.3 Å². The van der Waals surface area contributed by atoms with Crippen LogP contribution in [0.5, 0.6) is 0 Å². The summed E-state index contributed by atoms with van der Waals surface area (Å²) in [5.41, 5.74) is 0.471. The van der Waals surface area contributed by atoms with Gasteiger partial charge in [-0.15, -0.1) is 0 Å². The van der Waals surface area contributed by atoms with E-state index in [1.54, 1.807) is 0 Å². The van der Waals surface area contributed by atoms with E-state index in [0.29, 0.717) is 29.8 Å². The van der Waals surface area contributed by atoms with Crippen molar-refractivity contribution >= 4 is 16.6 Å².